The maximum atomic E-state index is 11.9. The Morgan fingerprint density at radius 3 is 2.32 bits per heavy atom. The van der Waals surface area contributed by atoms with Crippen LogP contribution in [0.5, 0.6) is 0 Å². The van der Waals surface area contributed by atoms with Gasteiger partial charge in [-0.3, -0.25) is 4.90 Å². The highest BCUT2D eigenvalue weighted by Crippen LogP contribution is 2.39. The third-order valence-corrected chi connectivity index (χ3v) is 8.04. The first-order chi connectivity index (χ1) is 12.0. The van der Waals surface area contributed by atoms with E-state index in [2.05, 4.69) is 34.1 Å². The second kappa shape index (κ2) is 6.92. The van der Waals surface area contributed by atoms with Crippen molar-refractivity contribution in [2.45, 2.75) is 43.9 Å². The molecule has 5 heteroatoms. The lowest BCUT2D eigenvalue weighted by Crippen LogP contribution is -2.36. The van der Waals surface area contributed by atoms with Crippen molar-refractivity contribution >= 4 is 15.5 Å². The monoisotopic (exact) mass is 362 g/mol. The first kappa shape index (κ1) is 17.3. The molecule has 0 bridgehead atoms. The zero-order valence-corrected chi connectivity index (χ0v) is 16.0. The van der Waals surface area contributed by atoms with E-state index < -0.39 is 9.84 Å². The largest absolute Gasteiger partial charge is 0.371 e. The third-order valence-electron chi connectivity index (χ3n) is 6.51. The van der Waals surface area contributed by atoms with Crippen LogP contribution < -0.4 is 4.90 Å². The van der Waals surface area contributed by atoms with Crippen molar-refractivity contribution in [1.29, 1.82) is 0 Å². The lowest BCUT2D eigenvalue weighted by molar-refractivity contribution is 0.310. The smallest absolute Gasteiger partial charge is 0.163 e. The van der Waals surface area contributed by atoms with Gasteiger partial charge in [-0.25, -0.2) is 8.42 Å². The van der Waals surface area contributed by atoms with Crippen LogP contribution in [0, 0.1) is 11.8 Å². The molecule has 1 saturated carbocycles. The minimum atomic E-state index is -2.96. The summed E-state index contributed by atoms with van der Waals surface area (Å²) in [6.07, 6.45) is 8.33. The van der Waals surface area contributed by atoms with Gasteiger partial charge in [0.1, 0.15) is 5.37 Å². The number of nitrogens with zero attached hydrogens (tertiary/aromatic N) is 2. The highest BCUT2D eigenvalue weighted by molar-refractivity contribution is 7.91. The maximum absolute atomic E-state index is 11.9. The fraction of sp³-hybridized carbons (Fsp3) is 0.700. The lowest BCUT2D eigenvalue weighted by Gasteiger charge is -2.23. The number of likely N-dealkylation sites (tertiary alicyclic amines) is 1. The van der Waals surface area contributed by atoms with E-state index in [0.29, 0.717) is 0 Å². The average molecular weight is 363 g/mol. The summed E-state index contributed by atoms with van der Waals surface area (Å²) in [4.78, 5) is 4.70. The molecule has 4 nitrogen and oxygen atoms in total. The quantitative estimate of drug-likeness (QED) is 0.807. The highest BCUT2D eigenvalue weighted by atomic mass is 32.2. The molecule has 25 heavy (non-hydrogen) atoms. The summed E-state index contributed by atoms with van der Waals surface area (Å²) in [6, 6.07) is 8.98. The predicted octanol–water partition coefficient (Wildman–Crippen LogP) is 2.93. The van der Waals surface area contributed by atoms with Crippen LogP contribution in [-0.4, -0.2) is 51.1 Å². The van der Waals surface area contributed by atoms with Crippen LogP contribution >= 0.6 is 0 Å². The summed E-state index contributed by atoms with van der Waals surface area (Å²) in [5.74, 6) is 1.84. The summed E-state index contributed by atoms with van der Waals surface area (Å²) in [5.41, 5.74) is 2.66. The summed E-state index contributed by atoms with van der Waals surface area (Å²) in [5, 5.41) is -0.268. The molecule has 1 aromatic carbocycles. The molecule has 2 aliphatic heterocycles. The van der Waals surface area contributed by atoms with E-state index in [0.717, 1.165) is 44.2 Å². The Balaban J connectivity index is 1.33. The Hall–Kier alpha value is -1.07. The number of fused-ring (bicyclic) bond motifs is 1. The van der Waals surface area contributed by atoms with E-state index in [9.17, 15) is 8.42 Å². The number of hydrogen-bond acceptors (Lipinski definition) is 4. The van der Waals surface area contributed by atoms with Crippen LogP contribution in [0.3, 0.4) is 0 Å². The van der Waals surface area contributed by atoms with E-state index in [1.165, 1.54) is 49.9 Å². The Labute approximate surface area is 152 Å². The average Bonchev–Trinajstić information content (AvgIpc) is 3.28. The summed E-state index contributed by atoms with van der Waals surface area (Å²) < 4.78 is 23.8. The van der Waals surface area contributed by atoms with E-state index in [-0.39, 0.29) is 5.37 Å². The van der Waals surface area contributed by atoms with Gasteiger partial charge in [-0.2, -0.15) is 0 Å². The van der Waals surface area contributed by atoms with Gasteiger partial charge in [0, 0.05) is 31.6 Å². The van der Waals surface area contributed by atoms with Gasteiger partial charge in [0.2, 0.25) is 0 Å². The summed E-state index contributed by atoms with van der Waals surface area (Å²) in [7, 11) is -2.96. The number of benzene rings is 1. The van der Waals surface area contributed by atoms with E-state index >= 15 is 0 Å². The zero-order valence-electron chi connectivity index (χ0n) is 15.2. The molecular formula is C20H30N2O2S. The highest BCUT2D eigenvalue weighted by Gasteiger charge is 2.36. The molecule has 0 amide bonds. The molecule has 0 radical (unpaired) electrons. The second-order valence-electron chi connectivity index (χ2n) is 8.23. The van der Waals surface area contributed by atoms with Crippen LogP contribution in [0.15, 0.2) is 24.3 Å². The Morgan fingerprint density at radius 1 is 1.00 bits per heavy atom. The van der Waals surface area contributed by atoms with Crippen molar-refractivity contribution in [2.75, 3.05) is 37.3 Å². The van der Waals surface area contributed by atoms with Gasteiger partial charge in [0.25, 0.3) is 0 Å². The van der Waals surface area contributed by atoms with Crippen LogP contribution in [-0.2, 0) is 16.3 Å². The standard InChI is InChI=1S/C20H30N2O2S/c1-25(23,24)20-6-3-12-21(20)13-11-16-7-9-19(10-8-16)22-14-17-4-2-5-18(17)15-22/h7-10,17-18,20H,2-6,11-15H2,1H3/t17?,18?,20-/m1/s1. The fourth-order valence-corrected chi connectivity index (χ4v) is 6.48. The minimum Gasteiger partial charge on any atom is -0.371 e. The number of hydrogen-bond donors (Lipinski definition) is 0. The zero-order chi connectivity index (χ0) is 17.4. The van der Waals surface area contributed by atoms with Crippen molar-refractivity contribution in [3.63, 3.8) is 0 Å². The molecule has 0 aromatic heterocycles. The summed E-state index contributed by atoms with van der Waals surface area (Å²) in [6.45, 7) is 4.21. The maximum Gasteiger partial charge on any atom is 0.163 e. The van der Waals surface area contributed by atoms with Crippen LogP contribution in [0.25, 0.3) is 0 Å². The van der Waals surface area contributed by atoms with Crippen LogP contribution in [0.2, 0.25) is 0 Å². The lowest BCUT2D eigenvalue weighted by atomic mass is 10.0. The number of anilines is 1. The Kier molecular flexibility index (Phi) is 4.80. The Bertz CT molecular complexity index is 689. The molecule has 1 aliphatic carbocycles. The van der Waals surface area contributed by atoms with Crippen molar-refractivity contribution in [3.8, 4) is 0 Å². The van der Waals surface area contributed by atoms with E-state index in [1.54, 1.807) is 0 Å². The summed E-state index contributed by atoms with van der Waals surface area (Å²) >= 11 is 0. The molecule has 2 heterocycles. The first-order valence-corrected chi connectivity index (χ1v) is 11.7. The van der Waals surface area contributed by atoms with Crippen molar-refractivity contribution in [3.05, 3.63) is 29.8 Å². The molecule has 3 fully saturated rings. The molecule has 2 saturated heterocycles. The number of sulfone groups is 1. The molecule has 0 spiro atoms. The van der Waals surface area contributed by atoms with Gasteiger partial charge < -0.3 is 4.90 Å². The van der Waals surface area contributed by atoms with E-state index in [1.807, 2.05) is 0 Å². The molecular weight excluding hydrogens is 332 g/mol. The molecule has 4 rings (SSSR count). The van der Waals surface area contributed by atoms with Gasteiger partial charge >= 0.3 is 0 Å². The van der Waals surface area contributed by atoms with Gasteiger partial charge in [-0.05, 0) is 68.2 Å². The van der Waals surface area contributed by atoms with Crippen LogP contribution in [0.1, 0.15) is 37.7 Å². The van der Waals surface area contributed by atoms with Gasteiger partial charge in [0.05, 0.1) is 0 Å². The fourth-order valence-electron chi connectivity index (χ4n) is 5.13. The number of rotatable bonds is 5. The van der Waals surface area contributed by atoms with E-state index in [4.69, 9.17) is 0 Å². The van der Waals surface area contributed by atoms with Crippen molar-refractivity contribution in [2.24, 2.45) is 11.8 Å². The molecule has 138 valence electrons. The van der Waals surface area contributed by atoms with Crippen molar-refractivity contribution in [1.82, 2.24) is 4.90 Å². The molecule has 3 atom stereocenters. The van der Waals surface area contributed by atoms with Crippen molar-refractivity contribution < 1.29 is 8.42 Å². The topological polar surface area (TPSA) is 40.6 Å². The van der Waals surface area contributed by atoms with Crippen LogP contribution in [0.4, 0.5) is 5.69 Å². The normalized spacial score (nSPS) is 30.1. The molecule has 3 aliphatic rings. The van der Waals surface area contributed by atoms with Gasteiger partial charge in [0.15, 0.2) is 9.84 Å². The molecule has 0 N–H and O–H groups in total. The third kappa shape index (κ3) is 3.72. The molecule has 1 aromatic rings. The van der Waals surface area contributed by atoms with Gasteiger partial charge in [-0.1, -0.05) is 18.6 Å². The first-order valence-electron chi connectivity index (χ1n) is 9.77. The predicted molar refractivity (Wildman–Crippen MR) is 103 cm³/mol. The molecule has 2 unspecified atom stereocenters. The minimum absolute atomic E-state index is 0.268. The Morgan fingerprint density at radius 2 is 1.68 bits per heavy atom. The second-order valence-corrected chi connectivity index (χ2v) is 10.4. The SMILES string of the molecule is CS(=O)(=O)[C@@H]1CCCN1CCc1ccc(N2CC3CCCC3C2)cc1. The van der Waals surface area contributed by atoms with Gasteiger partial charge in [-0.15, -0.1) is 0 Å².